The minimum Gasteiger partial charge on any atom is -0.330 e. The number of nitrogens with zero attached hydrogens (tertiary/aromatic N) is 4. The zero-order chi connectivity index (χ0) is 15.7. The van der Waals surface area contributed by atoms with Crippen LogP contribution in [0, 0.1) is 0 Å². The molecule has 3 rings (SSSR count). The molecule has 0 aromatic carbocycles. The fraction of sp³-hybridized carbons (Fsp3) is 0.647. The van der Waals surface area contributed by atoms with Crippen LogP contribution in [0.4, 0.5) is 0 Å². The topological polar surface area (TPSA) is 49.7 Å². The van der Waals surface area contributed by atoms with E-state index in [0.717, 1.165) is 23.8 Å². The third kappa shape index (κ3) is 3.09. The lowest BCUT2D eigenvalue weighted by Gasteiger charge is -2.19. The number of hydrogen-bond donors (Lipinski definition) is 1. The summed E-state index contributed by atoms with van der Waals surface area (Å²) in [4.78, 5) is 6.99. The molecule has 1 aliphatic rings. The first-order valence-corrected chi connectivity index (χ1v) is 8.23. The van der Waals surface area contributed by atoms with Crippen LogP contribution in [0.3, 0.4) is 0 Å². The van der Waals surface area contributed by atoms with Crippen molar-refractivity contribution in [2.75, 3.05) is 13.6 Å². The average Bonchev–Trinajstić information content (AvgIpc) is 3.15. The molecule has 0 spiro atoms. The van der Waals surface area contributed by atoms with E-state index in [9.17, 15) is 0 Å². The molecule has 1 N–H and O–H groups in total. The lowest BCUT2D eigenvalue weighted by molar-refractivity contribution is 0.286. The summed E-state index contributed by atoms with van der Waals surface area (Å²) in [5, 5.41) is 7.62. The SMILES string of the molecule is CN1CCCC1CCn1ccnc1-c1cc(C(C)(C)C)[nH]n1. The molecular formula is C17H27N5. The van der Waals surface area contributed by atoms with Crippen LogP contribution in [0.1, 0.15) is 45.7 Å². The number of imidazole rings is 1. The van der Waals surface area contributed by atoms with Crippen molar-refractivity contribution in [1.29, 1.82) is 0 Å². The fourth-order valence-corrected chi connectivity index (χ4v) is 3.18. The average molecular weight is 301 g/mol. The molecule has 0 bridgehead atoms. The highest BCUT2D eigenvalue weighted by atomic mass is 15.2. The van der Waals surface area contributed by atoms with Gasteiger partial charge in [-0.1, -0.05) is 20.8 Å². The molecule has 0 aliphatic carbocycles. The van der Waals surface area contributed by atoms with E-state index < -0.39 is 0 Å². The highest BCUT2D eigenvalue weighted by Gasteiger charge is 2.22. The van der Waals surface area contributed by atoms with Gasteiger partial charge in [0.15, 0.2) is 5.82 Å². The van der Waals surface area contributed by atoms with Gasteiger partial charge in [-0.25, -0.2) is 4.98 Å². The Morgan fingerprint density at radius 2 is 2.18 bits per heavy atom. The molecule has 1 fully saturated rings. The summed E-state index contributed by atoms with van der Waals surface area (Å²) in [7, 11) is 2.23. The number of aryl methyl sites for hydroxylation is 1. The van der Waals surface area contributed by atoms with Crippen molar-refractivity contribution in [3.63, 3.8) is 0 Å². The second-order valence-corrected chi connectivity index (χ2v) is 7.43. The van der Waals surface area contributed by atoms with Crippen LogP contribution in [0.2, 0.25) is 0 Å². The van der Waals surface area contributed by atoms with Crippen molar-refractivity contribution in [2.45, 2.75) is 58.0 Å². The van der Waals surface area contributed by atoms with E-state index in [1.807, 2.05) is 6.20 Å². The Morgan fingerprint density at radius 3 is 2.82 bits per heavy atom. The fourth-order valence-electron chi connectivity index (χ4n) is 3.18. The molecule has 1 atom stereocenters. The lowest BCUT2D eigenvalue weighted by Crippen LogP contribution is -2.26. The number of aromatic nitrogens is 4. The maximum atomic E-state index is 4.51. The van der Waals surface area contributed by atoms with E-state index in [1.165, 1.54) is 25.8 Å². The molecule has 2 aromatic heterocycles. The number of hydrogen-bond acceptors (Lipinski definition) is 3. The molecule has 1 saturated heterocycles. The highest BCUT2D eigenvalue weighted by Crippen LogP contribution is 2.25. The molecule has 22 heavy (non-hydrogen) atoms. The zero-order valence-electron chi connectivity index (χ0n) is 14.1. The van der Waals surface area contributed by atoms with Crippen molar-refractivity contribution in [3.8, 4) is 11.5 Å². The summed E-state index contributed by atoms with van der Waals surface area (Å²) in [5.41, 5.74) is 2.16. The predicted molar refractivity (Wildman–Crippen MR) is 88.8 cm³/mol. The van der Waals surface area contributed by atoms with Crippen LogP contribution in [0.25, 0.3) is 11.5 Å². The van der Waals surface area contributed by atoms with Gasteiger partial charge < -0.3 is 9.47 Å². The van der Waals surface area contributed by atoms with Gasteiger partial charge in [-0.2, -0.15) is 5.10 Å². The minimum absolute atomic E-state index is 0.0786. The molecule has 5 nitrogen and oxygen atoms in total. The van der Waals surface area contributed by atoms with Gasteiger partial charge in [-0.05, 0) is 38.9 Å². The van der Waals surface area contributed by atoms with Crippen LogP contribution >= 0.6 is 0 Å². The van der Waals surface area contributed by atoms with Crippen molar-refractivity contribution in [1.82, 2.24) is 24.6 Å². The monoisotopic (exact) mass is 301 g/mol. The molecular weight excluding hydrogens is 274 g/mol. The van der Waals surface area contributed by atoms with E-state index >= 15 is 0 Å². The number of rotatable bonds is 4. The second-order valence-electron chi connectivity index (χ2n) is 7.43. The van der Waals surface area contributed by atoms with Gasteiger partial charge in [0.1, 0.15) is 5.69 Å². The van der Waals surface area contributed by atoms with Gasteiger partial charge in [-0.3, -0.25) is 5.10 Å². The molecule has 1 unspecified atom stereocenters. The van der Waals surface area contributed by atoms with Crippen molar-refractivity contribution in [3.05, 3.63) is 24.2 Å². The third-order valence-electron chi connectivity index (χ3n) is 4.71. The summed E-state index contributed by atoms with van der Waals surface area (Å²) in [6.07, 6.45) is 7.76. The molecule has 0 saturated carbocycles. The third-order valence-corrected chi connectivity index (χ3v) is 4.71. The molecule has 0 amide bonds. The number of nitrogens with one attached hydrogen (secondary N) is 1. The van der Waals surface area contributed by atoms with Gasteiger partial charge in [0.2, 0.25) is 0 Å². The van der Waals surface area contributed by atoms with E-state index in [2.05, 4.69) is 64.7 Å². The Kier molecular flexibility index (Phi) is 4.08. The maximum absolute atomic E-state index is 4.51. The summed E-state index contributed by atoms with van der Waals surface area (Å²) >= 11 is 0. The Hall–Kier alpha value is -1.62. The molecule has 5 heteroatoms. The lowest BCUT2D eigenvalue weighted by atomic mass is 9.92. The summed E-state index contributed by atoms with van der Waals surface area (Å²) in [6, 6.07) is 2.83. The number of likely N-dealkylation sites (tertiary alicyclic amines) is 1. The zero-order valence-corrected chi connectivity index (χ0v) is 14.1. The standard InChI is InChI=1S/C17H27N5/c1-17(2,3)15-12-14(19-20-15)16-18-8-11-22(16)10-7-13-6-5-9-21(13)4/h8,11-13H,5-7,9-10H2,1-4H3,(H,19,20). The van der Waals surface area contributed by atoms with Gasteiger partial charge in [0, 0.05) is 36.1 Å². The van der Waals surface area contributed by atoms with Crippen LogP contribution in [0.15, 0.2) is 18.5 Å². The van der Waals surface area contributed by atoms with Crippen LogP contribution in [0.5, 0.6) is 0 Å². The maximum Gasteiger partial charge on any atom is 0.160 e. The smallest absolute Gasteiger partial charge is 0.160 e. The highest BCUT2D eigenvalue weighted by molar-refractivity contribution is 5.50. The quantitative estimate of drug-likeness (QED) is 0.944. The molecule has 3 heterocycles. The van der Waals surface area contributed by atoms with E-state index in [-0.39, 0.29) is 5.41 Å². The van der Waals surface area contributed by atoms with E-state index in [1.54, 1.807) is 0 Å². The van der Waals surface area contributed by atoms with Crippen molar-refractivity contribution < 1.29 is 0 Å². The molecule has 1 aliphatic heterocycles. The Bertz CT molecular complexity index is 619. The first-order chi connectivity index (χ1) is 10.4. The predicted octanol–water partition coefficient (Wildman–Crippen LogP) is 3.06. The van der Waals surface area contributed by atoms with Gasteiger partial charge in [-0.15, -0.1) is 0 Å². The summed E-state index contributed by atoms with van der Waals surface area (Å²) in [5.74, 6) is 0.965. The summed E-state index contributed by atoms with van der Waals surface area (Å²) in [6.45, 7) is 8.80. The Balaban J connectivity index is 1.73. The van der Waals surface area contributed by atoms with Crippen LogP contribution in [-0.2, 0) is 12.0 Å². The largest absolute Gasteiger partial charge is 0.330 e. The minimum atomic E-state index is 0.0786. The number of H-pyrrole nitrogens is 1. The molecule has 2 aromatic rings. The van der Waals surface area contributed by atoms with E-state index in [0.29, 0.717) is 6.04 Å². The first kappa shape index (κ1) is 15.3. The van der Waals surface area contributed by atoms with Crippen molar-refractivity contribution >= 4 is 0 Å². The number of aromatic amines is 1. The van der Waals surface area contributed by atoms with Gasteiger partial charge in [0.05, 0.1) is 0 Å². The van der Waals surface area contributed by atoms with Gasteiger partial charge >= 0.3 is 0 Å². The van der Waals surface area contributed by atoms with Gasteiger partial charge in [0.25, 0.3) is 0 Å². The van der Waals surface area contributed by atoms with E-state index in [4.69, 9.17) is 0 Å². The molecule has 120 valence electrons. The van der Waals surface area contributed by atoms with Crippen molar-refractivity contribution in [2.24, 2.45) is 0 Å². The molecule has 0 radical (unpaired) electrons. The summed E-state index contributed by atoms with van der Waals surface area (Å²) < 4.78 is 2.23. The van der Waals surface area contributed by atoms with Crippen LogP contribution < -0.4 is 0 Å². The first-order valence-electron chi connectivity index (χ1n) is 8.23. The normalized spacial score (nSPS) is 19.9. The Morgan fingerprint density at radius 1 is 1.36 bits per heavy atom. The van der Waals surface area contributed by atoms with Crippen LogP contribution in [-0.4, -0.2) is 44.3 Å². The second kappa shape index (κ2) is 5.88. The Labute approximate surface area is 132 Å².